The van der Waals surface area contributed by atoms with Gasteiger partial charge in [0, 0.05) is 55.9 Å². The summed E-state index contributed by atoms with van der Waals surface area (Å²) in [7, 11) is 0. The minimum absolute atomic E-state index is 0.000312. The lowest BCUT2D eigenvalue weighted by Crippen LogP contribution is -2.59. The van der Waals surface area contributed by atoms with E-state index in [9.17, 15) is 19.5 Å². The van der Waals surface area contributed by atoms with Gasteiger partial charge in [0.25, 0.3) is 0 Å². The molecule has 4 aliphatic rings. The van der Waals surface area contributed by atoms with Crippen molar-refractivity contribution in [2.45, 2.75) is 66.9 Å². The van der Waals surface area contributed by atoms with E-state index < -0.39 is 28.7 Å². The lowest BCUT2D eigenvalue weighted by Gasteiger charge is -2.41. The molecule has 1 spiro atoms. The van der Waals surface area contributed by atoms with Crippen LogP contribution in [0.15, 0.2) is 25.3 Å². The number of fused-ring (bicyclic) bond motifs is 1. The van der Waals surface area contributed by atoms with Gasteiger partial charge in [-0.25, -0.2) is 0 Å². The average molecular weight is 670 g/mol. The van der Waals surface area contributed by atoms with Crippen LogP contribution in [0.3, 0.4) is 0 Å². The average Bonchev–Trinajstić information content (AvgIpc) is 3.58. The number of likely N-dealkylation sites (tertiary alicyclic amines) is 1. The molecule has 11 heteroatoms. The number of alkyl halides is 1. The smallest absolute Gasteiger partial charge is 0.247 e. The summed E-state index contributed by atoms with van der Waals surface area (Å²) in [5.41, 5.74) is 0. The second-order valence-corrected chi connectivity index (χ2v) is 14.9. The fourth-order valence-electron chi connectivity index (χ4n) is 7.44. The molecular weight excluding hydrogens is 620 g/mol. The predicted molar refractivity (Wildman–Crippen MR) is 170 cm³/mol. The molecule has 4 saturated heterocycles. The number of halogens is 1. The van der Waals surface area contributed by atoms with Gasteiger partial charge in [0.2, 0.25) is 17.7 Å². The molecule has 42 heavy (non-hydrogen) atoms. The van der Waals surface area contributed by atoms with Crippen LogP contribution in [-0.4, -0.2) is 135 Å². The highest BCUT2D eigenvalue weighted by Gasteiger charge is 2.76. The summed E-state index contributed by atoms with van der Waals surface area (Å²) in [5, 5.41) is 10.5. The summed E-state index contributed by atoms with van der Waals surface area (Å²) >= 11 is 5.53. The molecule has 0 aromatic rings. The van der Waals surface area contributed by atoms with E-state index in [1.54, 1.807) is 28.8 Å². The topological polar surface area (TPSA) is 93.6 Å². The van der Waals surface area contributed by atoms with Crippen molar-refractivity contribution >= 4 is 45.4 Å². The molecule has 4 fully saturated rings. The van der Waals surface area contributed by atoms with Gasteiger partial charge in [0.15, 0.2) is 0 Å². The zero-order valence-electron chi connectivity index (χ0n) is 25.5. The molecule has 4 aliphatic heterocycles. The Morgan fingerprint density at radius 3 is 2.38 bits per heavy atom. The molecule has 9 nitrogen and oxygen atoms in total. The molecule has 0 saturated carbocycles. The van der Waals surface area contributed by atoms with E-state index in [-0.39, 0.29) is 40.3 Å². The normalized spacial score (nSPS) is 32.0. The van der Waals surface area contributed by atoms with Crippen molar-refractivity contribution in [2.75, 3.05) is 65.6 Å². The van der Waals surface area contributed by atoms with Gasteiger partial charge in [0.05, 0.1) is 42.4 Å². The summed E-state index contributed by atoms with van der Waals surface area (Å²) in [6.45, 7) is 19.2. The molecule has 4 rings (SSSR count). The van der Waals surface area contributed by atoms with Crippen molar-refractivity contribution in [2.24, 2.45) is 17.8 Å². The third-order valence-electron chi connectivity index (χ3n) is 9.70. The van der Waals surface area contributed by atoms with Gasteiger partial charge >= 0.3 is 0 Å². The number of morpholine rings is 1. The second kappa shape index (κ2) is 14.6. The van der Waals surface area contributed by atoms with Crippen molar-refractivity contribution in [1.82, 2.24) is 19.6 Å². The number of hydrogen-bond donors (Lipinski definition) is 1. The Morgan fingerprint density at radius 1 is 1.17 bits per heavy atom. The molecule has 0 aromatic heterocycles. The number of carbonyl (C=O) groups excluding carboxylic acids is 3. The van der Waals surface area contributed by atoms with Crippen LogP contribution in [0.5, 0.6) is 0 Å². The van der Waals surface area contributed by atoms with Gasteiger partial charge < -0.3 is 24.5 Å². The Kier molecular flexibility index (Phi) is 11.6. The maximum Gasteiger partial charge on any atom is 0.247 e. The summed E-state index contributed by atoms with van der Waals surface area (Å²) in [6, 6.07) is -1.27. The molecule has 8 atom stereocenters. The van der Waals surface area contributed by atoms with Crippen LogP contribution < -0.4 is 0 Å². The first kappa shape index (κ1) is 33.5. The molecule has 236 valence electrons. The van der Waals surface area contributed by atoms with Crippen LogP contribution >= 0.6 is 27.7 Å². The van der Waals surface area contributed by atoms with Gasteiger partial charge in [-0.2, -0.15) is 0 Å². The summed E-state index contributed by atoms with van der Waals surface area (Å²) < 4.78 is 4.75. The van der Waals surface area contributed by atoms with E-state index in [1.165, 1.54) is 0 Å². The van der Waals surface area contributed by atoms with E-state index in [4.69, 9.17) is 4.74 Å². The SMILES string of the molecule is C=CCN(CCN1CCOCC1)C(=O)C1N([C@@H](CO)[C@@H](C)CC)C(=O)[C@@H]2[C@H](C(=O)N(CC=C)CCC)[C@H]3SC12CC3Br. The largest absolute Gasteiger partial charge is 0.394 e. The number of thioether (sulfide) groups is 1. The quantitative estimate of drug-likeness (QED) is 0.212. The highest BCUT2D eigenvalue weighted by molar-refractivity contribution is 9.09. The van der Waals surface area contributed by atoms with Crippen LogP contribution in [-0.2, 0) is 19.1 Å². The van der Waals surface area contributed by atoms with Crippen molar-refractivity contribution < 1.29 is 24.2 Å². The molecule has 0 radical (unpaired) electrons. The number of aliphatic hydroxyl groups excluding tert-OH is 1. The van der Waals surface area contributed by atoms with E-state index in [0.29, 0.717) is 52.4 Å². The molecule has 3 unspecified atom stereocenters. The number of aliphatic hydroxyl groups is 1. The lowest BCUT2D eigenvalue weighted by atomic mass is 9.70. The minimum Gasteiger partial charge on any atom is -0.394 e. The van der Waals surface area contributed by atoms with Crippen molar-refractivity contribution in [3.8, 4) is 0 Å². The Balaban J connectivity index is 1.74. The van der Waals surface area contributed by atoms with E-state index in [2.05, 4.69) is 34.0 Å². The minimum atomic E-state index is -0.766. The summed E-state index contributed by atoms with van der Waals surface area (Å²) in [4.78, 5) is 51.2. The number of nitrogens with zero attached hydrogens (tertiary/aromatic N) is 4. The zero-order valence-corrected chi connectivity index (χ0v) is 27.9. The maximum atomic E-state index is 14.8. The molecule has 2 bridgehead atoms. The molecule has 4 heterocycles. The first-order valence-electron chi connectivity index (χ1n) is 15.5. The van der Waals surface area contributed by atoms with Crippen LogP contribution in [0.1, 0.15) is 40.0 Å². The van der Waals surface area contributed by atoms with Crippen molar-refractivity contribution in [3.05, 3.63) is 25.3 Å². The van der Waals surface area contributed by atoms with E-state index in [1.807, 2.05) is 30.6 Å². The highest BCUT2D eigenvalue weighted by Crippen LogP contribution is 2.68. The molecule has 3 amide bonds. The number of hydrogen-bond acceptors (Lipinski definition) is 7. The van der Waals surface area contributed by atoms with Crippen molar-refractivity contribution in [3.63, 3.8) is 0 Å². The van der Waals surface area contributed by atoms with E-state index >= 15 is 0 Å². The van der Waals surface area contributed by atoms with Gasteiger partial charge in [0.1, 0.15) is 6.04 Å². The van der Waals surface area contributed by atoms with Gasteiger partial charge in [-0.05, 0) is 18.8 Å². The van der Waals surface area contributed by atoms with Crippen LogP contribution in [0.2, 0.25) is 0 Å². The highest BCUT2D eigenvalue weighted by atomic mass is 79.9. The fourth-order valence-corrected chi connectivity index (χ4v) is 11.0. The number of carbonyl (C=O) groups is 3. The number of rotatable bonds is 15. The molecule has 0 aromatic carbocycles. The Labute approximate surface area is 264 Å². The summed E-state index contributed by atoms with van der Waals surface area (Å²) in [5.74, 6) is -1.48. The third-order valence-corrected chi connectivity index (χ3v) is 12.9. The summed E-state index contributed by atoms with van der Waals surface area (Å²) in [6.07, 6.45) is 5.65. The predicted octanol–water partition coefficient (Wildman–Crippen LogP) is 2.63. The Bertz CT molecular complexity index is 1010. The monoisotopic (exact) mass is 668 g/mol. The standard InChI is InChI=1S/C31H49BrN4O5S/c1-6-10-34(11-7-2)28(38)24-25-29(39)36(23(20-37)21(5)9-4)27(31(25)19-22(32)26(24)42-31)30(40)35(12-8-3)14-13-33-15-17-41-18-16-33/h6,8,21-27,37H,1,3,7,9-20H2,2,4-5H3/t21-,22?,23-,24-,25-,26-,27?,31?/m0/s1. The first-order valence-corrected chi connectivity index (χ1v) is 17.3. The molecule has 1 N–H and O–H groups in total. The van der Waals surface area contributed by atoms with Gasteiger partial charge in [-0.15, -0.1) is 24.9 Å². The van der Waals surface area contributed by atoms with Crippen LogP contribution in [0.4, 0.5) is 0 Å². The third kappa shape index (κ3) is 6.10. The fraction of sp³-hybridized carbons (Fsp3) is 0.774. The van der Waals surface area contributed by atoms with Gasteiger partial charge in [-0.3, -0.25) is 19.3 Å². The Morgan fingerprint density at radius 2 is 1.81 bits per heavy atom. The second-order valence-electron chi connectivity index (χ2n) is 12.1. The molecular formula is C31H49BrN4O5S. The van der Waals surface area contributed by atoms with Crippen LogP contribution in [0.25, 0.3) is 0 Å². The maximum absolute atomic E-state index is 14.8. The Hall–Kier alpha value is -1.40. The first-order chi connectivity index (χ1) is 20.2. The lowest BCUT2D eigenvalue weighted by molar-refractivity contribution is -0.148. The number of amides is 3. The van der Waals surface area contributed by atoms with Crippen molar-refractivity contribution in [1.29, 1.82) is 0 Å². The number of ether oxygens (including phenoxy) is 1. The van der Waals surface area contributed by atoms with Gasteiger partial charge in [-0.1, -0.05) is 55.3 Å². The van der Waals surface area contributed by atoms with E-state index in [0.717, 1.165) is 25.9 Å². The zero-order chi connectivity index (χ0) is 30.6. The van der Waals surface area contributed by atoms with Crippen LogP contribution in [0, 0.1) is 17.8 Å². The molecule has 0 aliphatic carbocycles.